The van der Waals surface area contributed by atoms with Crippen molar-refractivity contribution < 1.29 is 14.3 Å². The lowest BCUT2D eigenvalue weighted by molar-refractivity contribution is -0.123. The van der Waals surface area contributed by atoms with E-state index in [1.165, 1.54) is 4.90 Å². The fourth-order valence-electron chi connectivity index (χ4n) is 1.58. The van der Waals surface area contributed by atoms with Gasteiger partial charge in [0.1, 0.15) is 11.6 Å². The lowest BCUT2D eigenvalue weighted by Gasteiger charge is -2.29. The maximum absolute atomic E-state index is 11.8. The van der Waals surface area contributed by atoms with Crippen molar-refractivity contribution in [2.45, 2.75) is 65.0 Å². The number of hydrogen-bond acceptors (Lipinski definition) is 3. The zero-order chi connectivity index (χ0) is 14.3. The second-order valence-corrected chi connectivity index (χ2v) is 5.51. The highest BCUT2D eigenvalue weighted by molar-refractivity contribution is 5.84. The fraction of sp³-hybridized carbons (Fsp3) is 0.846. The summed E-state index contributed by atoms with van der Waals surface area (Å²) in [5.41, 5.74) is 4.76. The van der Waals surface area contributed by atoms with E-state index in [9.17, 15) is 9.59 Å². The molecule has 5 heteroatoms. The number of likely N-dealkylation sites (N-methyl/N-ethyl adjacent to an activating group) is 1. The zero-order valence-corrected chi connectivity index (χ0v) is 12.2. The lowest BCUT2D eigenvalue weighted by atomic mass is 10.1. The maximum atomic E-state index is 11.8. The van der Waals surface area contributed by atoms with Crippen molar-refractivity contribution in [3.8, 4) is 0 Å². The molecule has 2 N–H and O–H groups in total. The van der Waals surface area contributed by atoms with Gasteiger partial charge in [-0.05, 0) is 27.2 Å². The number of primary amides is 1. The first-order valence-corrected chi connectivity index (χ1v) is 6.44. The Bertz CT molecular complexity index is 284. The Labute approximate surface area is 110 Å². The smallest absolute Gasteiger partial charge is 0.410 e. The van der Waals surface area contributed by atoms with Crippen molar-refractivity contribution in [1.82, 2.24) is 4.90 Å². The van der Waals surface area contributed by atoms with E-state index in [2.05, 4.69) is 6.92 Å². The Morgan fingerprint density at radius 2 is 1.83 bits per heavy atom. The highest BCUT2D eigenvalue weighted by atomic mass is 16.6. The number of hydrogen-bond donors (Lipinski definition) is 1. The van der Waals surface area contributed by atoms with Crippen LogP contribution in [-0.2, 0) is 9.53 Å². The average Bonchev–Trinajstić information content (AvgIpc) is 2.20. The molecule has 0 saturated carbocycles. The molecule has 2 amide bonds. The number of rotatable bonds is 6. The highest BCUT2D eigenvalue weighted by Gasteiger charge is 2.28. The zero-order valence-electron chi connectivity index (χ0n) is 12.2. The summed E-state index contributed by atoms with van der Waals surface area (Å²) < 4.78 is 5.22. The van der Waals surface area contributed by atoms with Crippen molar-refractivity contribution in [2.75, 3.05) is 7.05 Å². The van der Waals surface area contributed by atoms with Crippen LogP contribution < -0.4 is 5.73 Å². The molecule has 0 spiro atoms. The molecule has 0 aromatic carbocycles. The molecule has 18 heavy (non-hydrogen) atoms. The molecule has 106 valence electrons. The van der Waals surface area contributed by atoms with E-state index in [0.717, 1.165) is 19.3 Å². The van der Waals surface area contributed by atoms with Crippen LogP contribution >= 0.6 is 0 Å². The molecule has 0 aliphatic rings. The number of carbonyl (C=O) groups excluding carboxylic acids is 2. The average molecular weight is 258 g/mol. The summed E-state index contributed by atoms with van der Waals surface area (Å²) in [7, 11) is 1.55. The van der Waals surface area contributed by atoms with Crippen LogP contribution in [0.25, 0.3) is 0 Å². The summed E-state index contributed by atoms with van der Waals surface area (Å²) in [4.78, 5) is 24.5. The Kier molecular flexibility index (Phi) is 6.73. The minimum atomic E-state index is -0.591. The van der Waals surface area contributed by atoms with Crippen molar-refractivity contribution >= 4 is 12.0 Å². The number of ether oxygens (including phenoxy) is 1. The van der Waals surface area contributed by atoms with Gasteiger partial charge < -0.3 is 10.5 Å². The van der Waals surface area contributed by atoms with Gasteiger partial charge in [0.25, 0.3) is 0 Å². The van der Waals surface area contributed by atoms with Crippen LogP contribution in [0.5, 0.6) is 0 Å². The summed E-state index contributed by atoms with van der Waals surface area (Å²) in [6, 6.07) is -0.591. The Morgan fingerprint density at radius 1 is 1.28 bits per heavy atom. The Hall–Kier alpha value is -1.26. The molecule has 0 saturated heterocycles. The van der Waals surface area contributed by atoms with Gasteiger partial charge >= 0.3 is 6.09 Å². The maximum Gasteiger partial charge on any atom is 0.410 e. The van der Waals surface area contributed by atoms with Gasteiger partial charge in [-0.25, -0.2) is 4.79 Å². The quantitative estimate of drug-likeness (QED) is 0.743. The normalized spacial score (nSPS) is 12.9. The monoisotopic (exact) mass is 258 g/mol. The van der Waals surface area contributed by atoms with Gasteiger partial charge in [-0.2, -0.15) is 0 Å². The third-order valence-corrected chi connectivity index (χ3v) is 2.56. The molecule has 1 atom stereocenters. The van der Waals surface area contributed by atoms with E-state index in [-0.39, 0.29) is 0 Å². The van der Waals surface area contributed by atoms with Crippen LogP contribution in [0.4, 0.5) is 4.79 Å². The van der Waals surface area contributed by atoms with Crippen molar-refractivity contribution in [3.63, 3.8) is 0 Å². The topological polar surface area (TPSA) is 72.6 Å². The molecule has 0 unspecified atom stereocenters. The summed E-state index contributed by atoms with van der Waals surface area (Å²) in [5.74, 6) is -0.487. The van der Waals surface area contributed by atoms with Gasteiger partial charge in [-0.15, -0.1) is 0 Å². The molecule has 0 bridgehead atoms. The summed E-state index contributed by atoms with van der Waals surface area (Å²) in [6.07, 6.45) is 3.02. The van der Waals surface area contributed by atoms with Crippen molar-refractivity contribution in [3.05, 3.63) is 0 Å². The minimum Gasteiger partial charge on any atom is -0.444 e. The first-order valence-electron chi connectivity index (χ1n) is 6.44. The summed E-state index contributed by atoms with van der Waals surface area (Å²) in [5, 5.41) is 0. The van der Waals surface area contributed by atoms with Crippen LogP contribution in [0.2, 0.25) is 0 Å². The second-order valence-electron chi connectivity index (χ2n) is 5.51. The molecule has 0 rings (SSSR count). The van der Waals surface area contributed by atoms with Gasteiger partial charge in [0.15, 0.2) is 0 Å². The number of amides is 2. The van der Waals surface area contributed by atoms with Gasteiger partial charge in [0, 0.05) is 7.05 Å². The first-order chi connectivity index (χ1) is 8.19. The molecule has 0 heterocycles. The summed E-state index contributed by atoms with van der Waals surface area (Å²) >= 11 is 0. The molecular weight excluding hydrogens is 232 g/mol. The van der Waals surface area contributed by atoms with Gasteiger partial charge in [-0.1, -0.05) is 26.2 Å². The largest absolute Gasteiger partial charge is 0.444 e. The van der Waals surface area contributed by atoms with Crippen LogP contribution in [0.1, 0.15) is 53.4 Å². The predicted octanol–water partition coefficient (Wildman–Crippen LogP) is 2.29. The summed E-state index contributed by atoms with van der Waals surface area (Å²) in [6.45, 7) is 7.44. The lowest BCUT2D eigenvalue weighted by Crippen LogP contribution is -2.47. The number of nitrogens with zero attached hydrogens (tertiary/aromatic N) is 1. The SMILES string of the molecule is CCCCC[C@@H](C(N)=O)N(C)C(=O)OC(C)(C)C. The van der Waals surface area contributed by atoms with E-state index >= 15 is 0 Å². The highest BCUT2D eigenvalue weighted by Crippen LogP contribution is 2.14. The van der Waals surface area contributed by atoms with E-state index in [1.54, 1.807) is 27.8 Å². The first kappa shape index (κ1) is 16.7. The van der Waals surface area contributed by atoms with Gasteiger partial charge in [0.2, 0.25) is 5.91 Å². The fourth-order valence-corrected chi connectivity index (χ4v) is 1.58. The molecule has 0 aliphatic carbocycles. The van der Waals surface area contributed by atoms with Gasteiger partial charge in [0.05, 0.1) is 0 Å². The minimum absolute atomic E-state index is 0.487. The third-order valence-electron chi connectivity index (χ3n) is 2.56. The Morgan fingerprint density at radius 3 is 2.22 bits per heavy atom. The molecule has 0 fully saturated rings. The van der Waals surface area contributed by atoms with Crippen LogP contribution in [0, 0.1) is 0 Å². The van der Waals surface area contributed by atoms with E-state index < -0.39 is 23.6 Å². The molecule has 0 radical (unpaired) electrons. The van der Waals surface area contributed by atoms with E-state index in [4.69, 9.17) is 10.5 Å². The number of unbranched alkanes of at least 4 members (excludes halogenated alkanes) is 2. The molecule has 0 aromatic heterocycles. The molecule has 5 nitrogen and oxygen atoms in total. The molecule has 0 aromatic rings. The molecule has 0 aliphatic heterocycles. The van der Waals surface area contributed by atoms with Crippen LogP contribution in [0.15, 0.2) is 0 Å². The van der Waals surface area contributed by atoms with Crippen molar-refractivity contribution in [1.29, 1.82) is 0 Å². The molecular formula is C13H26N2O3. The third kappa shape index (κ3) is 6.47. The number of nitrogens with two attached hydrogens (primary N) is 1. The van der Waals surface area contributed by atoms with Gasteiger partial charge in [-0.3, -0.25) is 9.69 Å². The van der Waals surface area contributed by atoms with Crippen LogP contribution in [0.3, 0.4) is 0 Å². The van der Waals surface area contributed by atoms with E-state index in [1.807, 2.05) is 0 Å². The standard InChI is InChI=1S/C13H26N2O3/c1-6-7-8-9-10(11(14)16)15(5)12(17)18-13(2,3)4/h10H,6-9H2,1-5H3,(H2,14,16)/t10-/m0/s1. The van der Waals surface area contributed by atoms with E-state index in [0.29, 0.717) is 6.42 Å². The Balaban J connectivity index is 4.51. The number of carbonyl (C=O) groups is 2. The second kappa shape index (κ2) is 7.24. The van der Waals surface area contributed by atoms with Crippen molar-refractivity contribution in [2.24, 2.45) is 5.73 Å². The predicted molar refractivity (Wildman–Crippen MR) is 71.1 cm³/mol. The van der Waals surface area contributed by atoms with Crippen LogP contribution in [-0.4, -0.2) is 35.6 Å².